The number of carbonyl (C=O) groups excluding carboxylic acids is 1. The summed E-state index contributed by atoms with van der Waals surface area (Å²) in [4.78, 5) is 12.5. The normalized spacial score (nSPS) is 42.8. The molecule has 0 radical (unpaired) electrons. The van der Waals surface area contributed by atoms with Gasteiger partial charge in [0.05, 0.1) is 5.41 Å². The lowest BCUT2D eigenvalue weighted by Gasteiger charge is -2.60. The molecule has 0 atom stereocenters. The maximum absolute atomic E-state index is 12.5. The van der Waals surface area contributed by atoms with Gasteiger partial charge in [-0.05, 0) is 76.0 Å². The van der Waals surface area contributed by atoms with Crippen molar-refractivity contribution in [1.29, 1.82) is 0 Å². The van der Waals surface area contributed by atoms with E-state index in [0.29, 0.717) is 18.4 Å². The van der Waals surface area contributed by atoms with Crippen molar-refractivity contribution >= 4 is 5.97 Å². The van der Waals surface area contributed by atoms with E-state index >= 15 is 0 Å². The zero-order valence-corrected chi connectivity index (χ0v) is 13.2. The maximum Gasteiger partial charge on any atom is 0.313 e. The lowest BCUT2D eigenvalue weighted by atomic mass is 9.49. The Morgan fingerprint density at radius 3 is 2.05 bits per heavy atom. The van der Waals surface area contributed by atoms with Gasteiger partial charge in [0.1, 0.15) is 5.60 Å². The van der Waals surface area contributed by atoms with Crippen molar-refractivity contribution in [3.63, 3.8) is 0 Å². The Labute approximate surface area is 122 Å². The molecule has 3 nitrogen and oxygen atoms in total. The smallest absolute Gasteiger partial charge is 0.313 e. The van der Waals surface area contributed by atoms with Crippen LogP contribution in [-0.2, 0) is 9.53 Å². The van der Waals surface area contributed by atoms with Crippen molar-refractivity contribution in [2.45, 2.75) is 64.9 Å². The summed E-state index contributed by atoms with van der Waals surface area (Å²) in [5, 5.41) is 0. The minimum absolute atomic E-state index is 0.0886. The highest BCUT2D eigenvalue weighted by Gasteiger charge is 2.59. The lowest BCUT2D eigenvalue weighted by Crippen LogP contribution is -2.60. The molecule has 0 spiro atoms. The van der Waals surface area contributed by atoms with Crippen LogP contribution >= 0.6 is 0 Å². The molecule has 0 aromatic rings. The van der Waals surface area contributed by atoms with Crippen LogP contribution in [0.25, 0.3) is 0 Å². The average Bonchev–Trinajstić information content (AvgIpc) is 2.42. The minimum Gasteiger partial charge on any atom is -0.458 e. The van der Waals surface area contributed by atoms with Crippen LogP contribution in [0.3, 0.4) is 0 Å². The van der Waals surface area contributed by atoms with Crippen molar-refractivity contribution < 1.29 is 9.53 Å². The molecule has 0 saturated heterocycles. The van der Waals surface area contributed by atoms with Gasteiger partial charge in [-0.3, -0.25) is 4.79 Å². The van der Waals surface area contributed by atoms with Crippen LogP contribution < -0.4 is 5.73 Å². The summed E-state index contributed by atoms with van der Waals surface area (Å²) in [7, 11) is 0. The average molecular weight is 279 g/mol. The summed E-state index contributed by atoms with van der Waals surface area (Å²) in [5.74, 6) is 2.91. The van der Waals surface area contributed by atoms with Crippen LogP contribution in [0, 0.1) is 29.1 Å². The number of nitrogens with two attached hydrogens (primary N) is 1. The number of carbonyl (C=O) groups is 1. The van der Waals surface area contributed by atoms with E-state index in [9.17, 15) is 4.79 Å². The molecule has 0 amide bonds. The van der Waals surface area contributed by atoms with Crippen molar-refractivity contribution in [3.8, 4) is 0 Å². The molecule has 4 aliphatic carbocycles. The second-order valence-corrected chi connectivity index (χ2v) is 8.09. The third-order valence-corrected chi connectivity index (χ3v) is 6.42. The molecule has 0 aromatic heterocycles. The van der Waals surface area contributed by atoms with Crippen LogP contribution in [0.2, 0.25) is 0 Å². The van der Waals surface area contributed by atoms with Crippen molar-refractivity contribution in [3.05, 3.63) is 0 Å². The Morgan fingerprint density at radius 1 is 1.15 bits per heavy atom. The van der Waals surface area contributed by atoms with E-state index in [4.69, 9.17) is 10.5 Å². The van der Waals surface area contributed by atoms with E-state index in [0.717, 1.165) is 18.3 Å². The molecule has 3 heteroatoms. The number of rotatable bonds is 4. The fourth-order valence-corrected chi connectivity index (χ4v) is 5.19. The Bertz CT molecular complexity index is 374. The van der Waals surface area contributed by atoms with Gasteiger partial charge in [-0.2, -0.15) is 0 Å². The predicted octanol–water partition coefficient (Wildman–Crippen LogP) is 3.12. The third-order valence-electron chi connectivity index (χ3n) is 6.42. The standard InChI is InChI=1S/C17H29NO2/c1-4-17(20-15(19)16(2,3)10-18)13-6-11-5-12(8-13)9-14(17)7-11/h11-14H,4-10,18H2,1-3H3. The van der Waals surface area contributed by atoms with Gasteiger partial charge in [-0.1, -0.05) is 6.92 Å². The van der Waals surface area contributed by atoms with Crippen molar-refractivity contribution in [2.24, 2.45) is 34.8 Å². The molecule has 0 heterocycles. The first-order valence-electron chi connectivity index (χ1n) is 8.34. The minimum atomic E-state index is -0.559. The zero-order chi connectivity index (χ0) is 14.5. The first-order valence-corrected chi connectivity index (χ1v) is 8.34. The number of esters is 1. The van der Waals surface area contributed by atoms with Crippen molar-refractivity contribution in [1.82, 2.24) is 0 Å². The lowest BCUT2D eigenvalue weighted by molar-refractivity contribution is -0.217. The molecule has 0 aromatic carbocycles. The maximum atomic E-state index is 12.5. The predicted molar refractivity (Wildman–Crippen MR) is 79.0 cm³/mol. The summed E-state index contributed by atoms with van der Waals surface area (Å²) >= 11 is 0. The molecule has 2 N–H and O–H groups in total. The molecular formula is C17H29NO2. The summed E-state index contributed by atoms with van der Waals surface area (Å²) in [5.41, 5.74) is 5.00. The molecule has 20 heavy (non-hydrogen) atoms. The molecule has 0 unspecified atom stereocenters. The summed E-state index contributed by atoms with van der Waals surface area (Å²) in [6, 6.07) is 0. The highest BCUT2D eigenvalue weighted by Crippen LogP contribution is 2.60. The van der Waals surface area contributed by atoms with E-state index in [2.05, 4.69) is 6.92 Å². The molecule has 4 rings (SSSR count). The van der Waals surface area contributed by atoms with E-state index in [1.54, 1.807) is 0 Å². The van der Waals surface area contributed by atoms with Crippen LogP contribution in [0.1, 0.15) is 59.3 Å². The van der Waals surface area contributed by atoms with Gasteiger partial charge in [-0.15, -0.1) is 0 Å². The van der Waals surface area contributed by atoms with E-state index in [1.807, 2.05) is 13.8 Å². The van der Waals surface area contributed by atoms with Gasteiger partial charge in [0.25, 0.3) is 0 Å². The molecule has 0 aliphatic heterocycles. The Hall–Kier alpha value is -0.570. The van der Waals surface area contributed by atoms with Crippen molar-refractivity contribution in [2.75, 3.05) is 6.54 Å². The second kappa shape index (κ2) is 4.72. The third kappa shape index (κ3) is 2.01. The van der Waals surface area contributed by atoms with Crippen LogP contribution in [-0.4, -0.2) is 18.1 Å². The summed E-state index contributed by atoms with van der Waals surface area (Å²) < 4.78 is 6.20. The Kier molecular flexibility index (Phi) is 3.39. The van der Waals surface area contributed by atoms with Gasteiger partial charge in [0.15, 0.2) is 0 Å². The zero-order valence-electron chi connectivity index (χ0n) is 13.2. The van der Waals surface area contributed by atoms with Gasteiger partial charge in [0.2, 0.25) is 0 Å². The molecule has 4 saturated carbocycles. The van der Waals surface area contributed by atoms with Crippen LogP contribution in [0.15, 0.2) is 0 Å². The topological polar surface area (TPSA) is 52.3 Å². The van der Waals surface area contributed by atoms with Gasteiger partial charge >= 0.3 is 5.97 Å². The quantitative estimate of drug-likeness (QED) is 0.804. The molecule has 4 fully saturated rings. The second-order valence-electron chi connectivity index (χ2n) is 8.09. The Morgan fingerprint density at radius 2 is 1.65 bits per heavy atom. The van der Waals surface area contributed by atoms with Crippen LogP contribution in [0.5, 0.6) is 0 Å². The first kappa shape index (κ1) is 14.4. The SMILES string of the molecule is CCC1(OC(=O)C(C)(C)CN)C2CC3CC(C2)CC1C3. The van der Waals surface area contributed by atoms with E-state index in [1.165, 1.54) is 32.1 Å². The van der Waals surface area contributed by atoms with Gasteiger partial charge in [-0.25, -0.2) is 0 Å². The molecule has 4 bridgehead atoms. The molecule has 4 aliphatic rings. The highest BCUT2D eigenvalue weighted by atomic mass is 16.6. The first-order chi connectivity index (χ1) is 9.41. The largest absolute Gasteiger partial charge is 0.458 e. The van der Waals surface area contributed by atoms with E-state index < -0.39 is 5.41 Å². The monoisotopic (exact) mass is 279 g/mol. The van der Waals surface area contributed by atoms with Crippen LogP contribution in [0.4, 0.5) is 0 Å². The number of hydrogen-bond donors (Lipinski definition) is 1. The summed E-state index contributed by atoms with van der Waals surface area (Å²) in [6.45, 7) is 6.35. The van der Waals surface area contributed by atoms with E-state index in [-0.39, 0.29) is 11.6 Å². The fourth-order valence-electron chi connectivity index (χ4n) is 5.19. The number of hydrogen-bond acceptors (Lipinski definition) is 3. The molecule has 114 valence electrons. The fraction of sp³-hybridized carbons (Fsp3) is 0.941. The molecular weight excluding hydrogens is 250 g/mol. The van der Waals surface area contributed by atoms with Gasteiger partial charge in [0, 0.05) is 6.54 Å². The van der Waals surface area contributed by atoms with Gasteiger partial charge < -0.3 is 10.5 Å². The highest BCUT2D eigenvalue weighted by molar-refractivity contribution is 5.76. The summed E-state index contributed by atoms with van der Waals surface area (Å²) in [6.07, 6.45) is 7.49. The Balaban J connectivity index is 1.83. The number of ether oxygens (including phenoxy) is 1.